The second-order valence-electron chi connectivity index (χ2n) is 9.14. The highest BCUT2D eigenvalue weighted by atomic mass is 32.2. The number of sulfonamides is 1. The minimum absolute atomic E-state index is 0.0221. The summed E-state index contributed by atoms with van der Waals surface area (Å²) in [4.78, 5) is 22.3. The number of hydrogen-bond donors (Lipinski definition) is 3. The Balaban J connectivity index is 1.68. The van der Waals surface area contributed by atoms with E-state index in [1.54, 1.807) is 23.8 Å². The molecule has 2 fully saturated rings. The first-order valence-corrected chi connectivity index (χ1v) is 12.9. The lowest BCUT2D eigenvalue weighted by Crippen LogP contribution is -2.42. The van der Waals surface area contributed by atoms with Gasteiger partial charge in [0.15, 0.2) is 0 Å². The number of piperidine rings is 1. The van der Waals surface area contributed by atoms with Crippen LogP contribution >= 0.6 is 0 Å². The Kier molecular flexibility index (Phi) is 6.27. The molecule has 2 aromatic heterocycles. The van der Waals surface area contributed by atoms with Crippen LogP contribution in [0.2, 0.25) is 0 Å². The van der Waals surface area contributed by atoms with Gasteiger partial charge in [0.05, 0.1) is 17.9 Å². The van der Waals surface area contributed by atoms with Crippen molar-refractivity contribution in [3.05, 3.63) is 28.2 Å². The molecule has 176 valence electrons. The van der Waals surface area contributed by atoms with Gasteiger partial charge in [0.1, 0.15) is 5.65 Å². The normalized spacial score (nSPS) is 25.4. The number of aliphatic hydroxyl groups is 2. The van der Waals surface area contributed by atoms with Crippen molar-refractivity contribution in [1.29, 1.82) is 0 Å². The average molecular weight is 466 g/mol. The van der Waals surface area contributed by atoms with Crippen LogP contribution in [0.25, 0.3) is 11.0 Å². The quantitative estimate of drug-likeness (QED) is 0.565. The molecule has 3 N–H and O–H groups in total. The van der Waals surface area contributed by atoms with Crippen molar-refractivity contribution in [3.63, 3.8) is 0 Å². The zero-order chi connectivity index (χ0) is 23.1. The third-order valence-corrected chi connectivity index (χ3v) is 7.98. The van der Waals surface area contributed by atoms with Gasteiger partial charge in [-0.25, -0.2) is 17.7 Å². The number of pyridine rings is 1. The predicted molar refractivity (Wildman–Crippen MR) is 121 cm³/mol. The Morgan fingerprint density at radius 1 is 1.28 bits per heavy atom. The zero-order valence-electron chi connectivity index (χ0n) is 18.5. The lowest BCUT2D eigenvalue weighted by molar-refractivity contribution is 0.0266. The van der Waals surface area contributed by atoms with E-state index in [2.05, 4.69) is 15.3 Å². The Bertz CT molecular complexity index is 1160. The van der Waals surface area contributed by atoms with Crippen molar-refractivity contribution in [1.82, 2.24) is 18.8 Å². The highest BCUT2D eigenvalue weighted by molar-refractivity contribution is 7.88. The van der Waals surface area contributed by atoms with Crippen LogP contribution in [0.1, 0.15) is 50.6 Å². The minimum atomic E-state index is -3.20. The maximum atomic E-state index is 13.3. The lowest BCUT2D eigenvalue weighted by atomic mass is 9.99. The SMILES string of the molecule is C[C@]1(O)CCC[C@@H]1n1c(=O)c(CCO)cc2cnc(NC3CCN(S(C)(=O)=O)CC3)nc21. The fourth-order valence-electron chi connectivity index (χ4n) is 4.89. The molecule has 2 atom stereocenters. The number of rotatable bonds is 6. The van der Waals surface area contributed by atoms with Gasteiger partial charge in [-0.05, 0) is 45.1 Å². The molecule has 1 saturated heterocycles. The summed E-state index contributed by atoms with van der Waals surface area (Å²) < 4.78 is 26.5. The van der Waals surface area contributed by atoms with Gasteiger partial charge >= 0.3 is 0 Å². The van der Waals surface area contributed by atoms with Crippen molar-refractivity contribution < 1.29 is 18.6 Å². The van der Waals surface area contributed by atoms with E-state index in [1.165, 1.54) is 10.6 Å². The second-order valence-corrected chi connectivity index (χ2v) is 11.1. The van der Waals surface area contributed by atoms with Crippen LogP contribution in [0.3, 0.4) is 0 Å². The van der Waals surface area contributed by atoms with E-state index < -0.39 is 21.7 Å². The molecule has 1 aliphatic carbocycles. The van der Waals surface area contributed by atoms with Crippen molar-refractivity contribution in [3.8, 4) is 0 Å². The summed E-state index contributed by atoms with van der Waals surface area (Å²) in [5.74, 6) is 0.371. The second kappa shape index (κ2) is 8.69. The molecule has 0 bridgehead atoms. The molecule has 2 aliphatic rings. The molecule has 2 aromatic rings. The highest BCUT2D eigenvalue weighted by Gasteiger charge is 2.39. The monoisotopic (exact) mass is 465 g/mol. The highest BCUT2D eigenvalue weighted by Crippen LogP contribution is 2.39. The van der Waals surface area contributed by atoms with Gasteiger partial charge in [0.2, 0.25) is 16.0 Å². The molecule has 0 aromatic carbocycles. The van der Waals surface area contributed by atoms with Gasteiger partial charge in [-0.3, -0.25) is 9.36 Å². The van der Waals surface area contributed by atoms with Gasteiger partial charge in [0.25, 0.3) is 5.56 Å². The summed E-state index contributed by atoms with van der Waals surface area (Å²) in [5.41, 5.74) is -0.342. The summed E-state index contributed by atoms with van der Waals surface area (Å²) in [6.45, 7) is 2.47. The van der Waals surface area contributed by atoms with Crippen LogP contribution in [-0.4, -0.2) is 75.1 Å². The van der Waals surface area contributed by atoms with E-state index >= 15 is 0 Å². The van der Waals surface area contributed by atoms with E-state index in [4.69, 9.17) is 0 Å². The van der Waals surface area contributed by atoms with Gasteiger partial charge in [-0.15, -0.1) is 0 Å². The number of nitrogens with one attached hydrogen (secondary N) is 1. The van der Waals surface area contributed by atoms with Gasteiger partial charge in [-0.2, -0.15) is 4.98 Å². The Hall–Kier alpha value is -2.08. The van der Waals surface area contributed by atoms with E-state index in [-0.39, 0.29) is 24.6 Å². The molecular formula is C21H31N5O5S. The van der Waals surface area contributed by atoms with Crippen LogP contribution in [0.5, 0.6) is 0 Å². The molecule has 0 amide bonds. The molecule has 4 rings (SSSR count). The summed E-state index contributed by atoms with van der Waals surface area (Å²) in [6, 6.07) is 1.33. The average Bonchev–Trinajstić information content (AvgIpc) is 3.07. The molecular weight excluding hydrogens is 434 g/mol. The van der Waals surface area contributed by atoms with Gasteiger partial charge in [-0.1, -0.05) is 0 Å². The third-order valence-electron chi connectivity index (χ3n) is 6.67. The maximum absolute atomic E-state index is 13.3. The molecule has 0 radical (unpaired) electrons. The van der Waals surface area contributed by atoms with E-state index in [1.807, 2.05) is 0 Å². The number of hydrogen-bond acceptors (Lipinski definition) is 8. The molecule has 11 heteroatoms. The van der Waals surface area contributed by atoms with Gasteiger partial charge in [0, 0.05) is 49.3 Å². The van der Waals surface area contributed by atoms with Crippen LogP contribution in [0, 0.1) is 0 Å². The summed E-state index contributed by atoms with van der Waals surface area (Å²) in [6.07, 6.45) is 6.44. The molecule has 0 spiro atoms. The molecule has 10 nitrogen and oxygen atoms in total. The van der Waals surface area contributed by atoms with Crippen molar-refractivity contribution in [2.45, 2.75) is 63.1 Å². The van der Waals surface area contributed by atoms with E-state index in [0.29, 0.717) is 61.3 Å². The van der Waals surface area contributed by atoms with Crippen LogP contribution in [-0.2, 0) is 16.4 Å². The number of anilines is 1. The molecule has 0 unspecified atom stereocenters. The molecule has 1 aliphatic heterocycles. The molecule has 3 heterocycles. The number of aromatic nitrogens is 3. The Labute approximate surface area is 187 Å². The summed E-state index contributed by atoms with van der Waals surface area (Å²) in [5, 5.41) is 24.3. The zero-order valence-corrected chi connectivity index (χ0v) is 19.3. The standard InChI is InChI=1S/C21H31N5O5S/c1-21(29)8-3-4-17(21)26-18-15(12-14(7-11-27)19(26)28)13-22-20(24-18)23-16-5-9-25(10-6-16)32(2,30)31/h12-13,16-17,27,29H,3-11H2,1-2H3,(H,22,23,24)/t17-,21-/m0/s1. The Morgan fingerprint density at radius 2 is 2.00 bits per heavy atom. The van der Waals surface area contributed by atoms with E-state index in [9.17, 15) is 23.4 Å². The predicted octanol–water partition coefficient (Wildman–Crippen LogP) is 0.638. The van der Waals surface area contributed by atoms with Gasteiger partial charge < -0.3 is 15.5 Å². The molecule has 32 heavy (non-hydrogen) atoms. The number of fused-ring (bicyclic) bond motifs is 1. The number of nitrogens with zero attached hydrogens (tertiary/aromatic N) is 4. The molecule has 1 saturated carbocycles. The van der Waals surface area contributed by atoms with Crippen LogP contribution in [0.15, 0.2) is 17.1 Å². The lowest BCUT2D eigenvalue weighted by Gasteiger charge is -2.31. The fraction of sp³-hybridized carbons (Fsp3) is 0.667. The minimum Gasteiger partial charge on any atom is -0.396 e. The first-order valence-electron chi connectivity index (χ1n) is 11.1. The van der Waals surface area contributed by atoms with E-state index in [0.717, 1.165) is 6.42 Å². The van der Waals surface area contributed by atoms with Crippen molar-refractivity contribution >= 4 is 27.0 Å². The van der Waals surface area contributed by atoms with Crippen LogP contribution < -0.4 is 10.9 Å². The van der Waals surface area contributed by atoms with Crippen molar-refractivity contribution in [2.75, 3.05) is 31.3 Å². The number of aliphatic hydroxyl groups excluding tert-OH is 1. The van der Waals surface area contributed by atoms with Crippen LogP contribution in [0.4, 0.5) is 5.95 Å². The Morgan fingerprint density at radius 3 is 2.59 bits per heavy atom. The van der Waals surface area contributed by atoms with Crippen molar-refractivity contribution in [2.24, 2.45) is 0 Å². The fourth-order valence-corrected chi connectivity index (χ4v) is 5.76. The summed E-state index contributed by atoms with van der Waals surface area (Å²) >= 11 is 0. The summed E-state index contributed by atoms with van der Waals surface area (Å²) in [7, 11) is -3.20. The largest absolute Gasteiger partial charge is 0.396 e. The topological polar surface area (TPSA) is 138 Å². The maximum Gasteiger partial charge on any atom is 0.255 e. The third kappa shape index (κ3) is 4.52. The smallest absolute Gasteiger partial charge is 0.255 e. The first-order chi connectivity index (χ1) is 15.1. The first kappa shape index (κ1) is 23.1.